The fourth-order valence-electron chi connectivity index (χ4n) is 4.17. The minimum Gasteiger partial charge on any atom is -0.479 e. The van der Waals surface area contributed by atoms with Crippen molar-refractivity contribution < 1.29 is 33.8 Å². The molecule has 0 aliphatic heterocycles. The highest BCUT2D eigenvalue weighted by molar-refractivity contribution is 5.81. The van der Waals surface area contributed by atoms with E-state index in [2.05, 4.69) is 35.1 Å². The third kappa shape index (κ3) is 5.15. The van der Waals surface area contributed by atoms with Gasteiger partial charge in [-0.2, -0.15) is 0 Å². The maximum Gasteiger partial charge on any atom is 0.407 e. The van der Waals surface area contributed by atoms with Gasteiger partial charge in [0, 0.05) is 25.5 Å². The predicted octanol–water partition coefficient (Wildman–Crippen LogP) is 2.31. The summed E-state index contributed by atoms with van der Waals surface area (Å²) in [6.07, 6.45) is -1.25. The van der Waals surface area contributed by atoms with Crippen molar-refractivity contribution >= 4 is 18.0 Å². The summed E-state index contributed by atoms with van der Waals surface area (Å²) in [6, 6.07) is 16.2. The van der Waals surface area contributed by atoms with Crippen LogP contribution in [0.3, 0.4) is 0 Å². The maximum absolute atomic E-state index is 12.3. The Bertz CT molecular complexity index is 995. The number of hydroxylamine groups is 1. The van der Waals surface area contributed by atoms with Crippen LogP contribution in [-0.4, -0.2) is 56.0 Å². The third-order valence-electron chi connectivity index (χ3n) is 6.01. The van der Waals surface area contributed by atoms with Crippen LogP contribution in [0.4, 0.5) is 4.79 Å². The van der Waals surface area contributed by atoms with Gasteiger partial charge in [-0.25, -0.2) is 15.1 Å². The summed E-state index contributed by atoms with van der Waals surface area (Å²) in [5.74, 6) is -2.08. The highest BCUT2D eigenvalue weighted by Crippen LogP contribution is 2.44. The van der Waals surface area contributed by atoms with Crippen molar-refractivity contribution in [2.24, 2.45) is 11.8 Å². The number of nitrogens with one attached hydrogen (secondary N) is 2. The number of hydrogen-bond donors (Lipinski definition) is 3. The van der Waals surface area contributed by atoms with Gasteiger partial charge in [0.25, 0.3) is 0 Å². The van der Waals surface area contributed by atoms with Crippen molar-refractivity contribution in [3.63, 3.8) is 0 Å². The molecule has 1 unspecified atom stereocenters. The Morgan fingerprint density at radius 1 is 1.06 bits per heavy atom. The zero-order chi connectivity index (χ0) is 23.4. The molecule has 9 nitrogen and oxygen atoms in total. The van der Waals surface area contributed by atoms with Crippen molar-refractivity contribution in [3.8, 4) is 11.1 Å². The first-order chi connectivity index (χ1) is 16.0. The number of benzene rings is 2. The SMILES string of the molecule is COCC(ONC(=O)[C@H]1C[C@H]1CNC(=O)OCC1c2ccccc2-c2ccccc21)C(=O)O. The van der Waals surface area contributed by atoms with Crippen molar-refractivity contribution in [2.75, 3.05) is 26.9 Å². The van der Waals surface area contributed by atoms with Gasteiger partial charge >= 0.3 is 12.1 Å². The number of ether oxygens (including phenoxy) is 2. The normalized spacial score (nSPS) is 19.2. The van der Waals surface area contributed by atoms with E-state index >= 15 is 0 Å². The van der Waals surface area contributed by atoms with E-state index in [1.165, 1.54) is 7.11 Å². The Labute approximate surface area is 191 Å². The molecular weight excluding hydrogens is 428 g/mol. The minimum absolute atomic E-state index is 0.0194. The number of methoxy groups -OCH3 is 1. The van der Waals surface area contributed by atoms with E-state index in [-0.39, 0.29) is 37.5 Å². The molecule has 3 atom stereocenters. The molecule has 33 heavy (non-hydrogen) atoms. The first kappa shape index (κ1) is 22.8. The van der Waals surface area contributed by atoms with Crippen LogP contribution in [0, 0.1) is 11.8 Å². The molecule has 2 aliphatic carbocycles. The van der Waals surface area contributed by atoms with E-state index < -0.39 is 24.1 Å². The van der Waals surface area contributed by atoms with E-state index in [4.69, 9.17) is 19.4 Å². The van der Waals surface area contributed by atoms with Gasteiger partial charge in [-0.15, -0.1) is 0 Å². The molecule has 2 aromatic carbocycles. The summed E-state index contributed by atoms with van der Waals surface area (Å²) in [5, 5.41) is 11.7. The quantitative estimate of drug-likeness (QED) is 0.471. The van der Waals surface area contributed by atoms with Crippen molar-refractivity contribution in [1.82, 2.24) is 10.8 Å². The van der Waals surface area contributed by atoms with Gasteiger partial charge in [0.2, 0.25) is 12.0 Å². The van der Waals surface area contributed by atoms with Crippen molar-refractivity contribution in [1.29, 1.82) is 0 Å². The van der Waals surface area contributed by atoms with Crippen molar-refractivity contribution in [2.45, 2.75) is 18.4 Å². The third-order valence-corrected chi connectivity index (χ3v) is 6.01. The summed E-state index contributed by atoms with van der Waals surface area (Å²) in [6.45, 7) is 0.320. The van der Waals surface area contributed by atoms with Crippen molar-refractivity contribution in [3.05, 3.63) is 59.7 Å². The average Bonchev–Trinajstić information content (AvgIpc) is 3.54. The highest BCUT2D eigenvalue weighted by atomic mass is 16.7. The Morgan fingerprint density at radius 3 is 2.30 bits per heavy atom. The molecule has 0 saturated heterocycles. The summed E-state index contributed by atoms with van der Waals surface area (Å²) in [4.78, 5) is 40.3. The van der Waals surface area contributed by atoms with E-state index in [1.807, 2.05) is 24.3 Å². The van der Waals surface area contributed by atoms with Gasteiger partial charge in [0.05, 0.1) is 6.61 Å². The molecule has 0 bridgehead atoms. The molecule has 3 N–H and O–H groups in total. The molecule has 0 heterocycles. The lowest BCUT2D eigenvalue weighted by Gasteiger charge is -2.14. The van der Waals surface area contributed by atoms with Crippen LogP contribution in [0.5, 0.6) is 0 Å². The Kier molecular flexibility index (Phi) is 6.90. The first-order valence-corrected chi connectivity index (χ1v) is 10.8. The highest BCUT2D eigenvalue weighted by Gasteiger charge is 2.43. The van der Waals surface area contributed by atoms with Gasteiger partial charge < -0.3 is 19.9 Å². The lowest BCUT2D eigenvalue weighted by molar-refractivity contribution is -0.165. The number of alkyl carbamates (subject to hydrolysis) is 1. The van der Waals surface area contributed by atoms with E-state index in [9.17, 15) is 14.4 Å². The summed E-state index contributed by atoms with van der Waals surface area (Å²) >= 11 is 0. The number of fused-ring (bicyclic) bond motifs is 3. The number of hydrogen-bond acceptors (Lipinski definition) is 6. The molecule has 1 fully saturated rings. The smallest absolute Gasteiger partial charge is 0.407 e. The van der Waals surface area contributed by atoms with Crippen LogP contribution in [0.25, 0.3) is 11.1 Å². The maximum atomic E-state index is 12.3. The summed E-state index contributed by atoms with van der Waals surface area (Å²) < 4.78 is 10.2. The molecule has 174 valence electrons. The molecule has 1 saturated carbocycles. The Morgan fingerprint density at radius 2 is 1.70 bits per heavy atom. The van der Waals surface area contributed by atoms with Crippen LogP contribution >= 0.6 is 0 Å². The van der Waals surface area contributed by atoms with Gasteiger partial charge in [-0.1, -0.05) is 48.5 Å². The molecule has 2 aromatic rings. The molecule has 0 aromatic heterocycles. The molecule has 2 amide bonds. The number of carbonyl (C=O) groups is 3. The first-order valence-electron chi connectivity index (χ1n) is 10.8. The molecule has 4 rings (SSSR count). The van der Waals surface area contributed by atoms with E-state index in [0.29, 0.717) is 6.42 Å². The van der Waals surface area contributed by atoms with E-state index in [0.717, 1.165) is 22.3 Å². The van der Waals surface area contributed by atoms with Crippen LogP contribution in [0.2, 0.25) is 0 Å². The lowest BCUT2D eigenvalue weighted by Crippen LogP contribution is -2.38. The topological polar surface area (TPSA) is 123 Å². The van der Waals surface area contributed by atoms with Crippen LogP contribution < -0.4 is 10.8 Å². The number of carboxylic acid groups (broad SMARTS) is 1. The zero-order valence-electron chi connectivity index (χ0n) is 18.2. The zero-order valence-corrected chi connectivity index (χ0v) is 18.2. The van der Waals surface area contributed by atoms with Gasteiger partial charge in [-0.3, -0.25) is 9.63 Å². The van der Waals surface area contributed by atoms with E-state index in [1.54, 1.807) is 0 Å². The van der Waals surface area contributed by atoms with Crippen LogP contribution in [0.1, 0.15) is 23.5 Å². The summed E-state index contributed by atoms with van der Waals surface area (Å²) in [7, 11) is 1.34. The second-order valence-electron chi connectivity index (χ2n) is 8.18. The Hall–Kier alpha value is -3.43. The number of aliphatic carboxylic acids is 1. The van der Waals surface area contributed by atoms with Gasteiger partial charge in [0.1, 0.15) is 6.61 Å². The average molecular weight is 454 g/mol. The monoisotopic (exact) mass is 454 g/mol. The van der Waals surface area contributed by atoms with Gasteiger partial charge in [0.15, 0.2) is 0 Å². The molecule has 0 radical (unpaired) electrons. The second-order valence-corrected chi connectivity index (χ2v) is 8.18. The molecule has 0 spiro atoms. The summed E-state index contributed by atoms with van der Waals surface area (Å²) in [5.41, 5.74) is 6.76. The minimum atomic E-state index is -1.28. The largest absolute Gasteiger partial charge is 0.479 e. The molecular formula is C24H26N2O7. The Balaban J connectivity index is 1.21. The number of carboxylic acids is 1. The molecule has 2 aliphatic rings. The standard InChI is InChI=1S/C24H26N2O7/c1-31-13-21(23(28)29)33-26-22(27)19-10-14(19)11-25-24(30)32-12-20-17-8-4-2-6-15(17)16-7-3-5-9-18(16)20/h2-9,14,19-21H,10-13H2,1H3,(H,25,30)(H,26,27)(H,28,29)/t14-,19-,21?/m0/s1. The number of carbonyl (C=O) groups excluding carboxylic acids is 2. The fourth-order valence-corrected chi connectivity index (χ4v) is 4.17. The number of amides is 2. The fraction of sp³-hybridized carbons (Fsp3) is 0.375. The molecule has 9 heteroatoms. The van der Waals surface area contributed by atoms with Gasteiger partial charge in [-0.05, 0) is 34.6 Å². The predicted molar refractivity (Wildman–Crippen MR) is 117 cm³/mol. The van der Waals surface area contributed by atoms with Crippen LogP contribution in [-0.2, 0) is 23.9 Å². The second kappa shape index (κ2) is 10.0. The number of rotatable bonds is 10. The van der Waals surface area contributed by atoms with Crippen LogP contribution in [0.15, 0.2) is 48.5 Å². The lowest BCUT2D eigenvalue weighted by atomic mass is 9.98.